The summed E-state index contributed by atoms with van der Waals surface area (Å²) in [5.41, 5.74) is 0. The van der Waals surface area contributed by atoms with E-state index < -0.39 is 0 Å². The summed E-state index contributed by atoms with van der Waals surface area (Å²) in [6.45, 7) is 4.11. The van der Waals surface area contributed by atoms with Crippen molar-refractivity contribution < 1.29 is 9.28 Å². The van der Waals surface area contributed by atoms with Crippen LogP contribution in [0.5, 0.6) is 0 Å². The summed E-state index contributed by atoms with van der Waals surface area (Å²) < 4.78 is 0.965. The summed E-state index contributed by atoms with van der Waals surface area (Å²) in [7, 11) is 6.52. The molecular weight excluding hydrogens is 200 g/mol. The maximum atomic E-state index is 11.4. The van der Waals surface area contributed by atoms with Gasteiger partial charge in [0, 0.05) is 19.4 Å². The lowest BCUT2D eigenvalue weighted by molar-refractivity contribution is -0.870. The molecule has 0 aliphatic rings. The molecule has 0 saturated heterocycles. The fraction of sp³-hybridized carbons (Fsp3) is 0.923. The van der Waals surface area contributed by atoms with Gasteiger partial charge in [0.15, 0.2) is 0 Å². The van der Waals surface area contributed by atoms with Gasteiger partial charge < -0.3 is 9.80 Å². The number of quaternary nitrogens is 1. The molecule has 3 heteroatoms. The quantitative estimate of drug-likeness (QED) is 0.476. The van der Waals surface area contributed by atoms with Crippen molar-refractivity contribution >= 4 is 5.91 Å². The van der Waals surface area contributed by atoms with Crippen LogP contribution in [0.4, 0.5) is 0 Å². The number of carbonyl (C=O) groups excluding carboxylic acids is 1. The van der Waals surface area contributed by atoms with Crippen molar-refractivity contribution in [1.29, 1.82) is 0 Å². The molecule has 0 rings (SSSR count). The van der Waals surface area contributed by atoms with E-state index in [0.717, 1.165) is 30.4 Å². The normalized spacial score (nSPS) is 11.5. The Kier molecular flexibility index (Phi) is 8.26. The van der Waals surface area contributed by atoms with Crippen molar-refractivity contribution in [3.05, 3.63) is 0 Å². The molecule has 0 spiro atoms. The third kappa shape index (κ3) is 11.5. The van der Waals surface area contributed by atoms with Crippen LogP contribution in [0.3, 0.4) is 0 Å². The van der Waals surface area contributed by atoms with E-state index in [4.69, 9.17) is 0 Å². The number of rotatable bonds is 9. The Hall–Kier alpha value is -0.570. The zero-order chi connectivity index (χ0) is 12.4. The van der Waals surface area contributed by atoms with Crippen molar-refractivity contribution in [2.45, 2.75) is 45.4 Å². The average molecular weight is 229 g/mol. The van der Waals surface area contributed by atoms with E-state index in [0.29, 0.717) is 6.42 Å². The Bertz CT molecular complexity index is 185. The average Bonchev–Trinajstić information content (AvgIpc) is 2.18. The van der Waals surface area contributed by atoms with Gasteiger partial charge in [0.05, 0.1) is 27.7 Å². The fourth-order valence-electron chi connectivity index (χ4n) is 1.58. The van der Waals surface area contributed by atoms with Crippen LogP contribution in [0.15, 0.2) is 0 Å². The second-order valence-electron chi connectivity index (χ2n) is 5.53. The molecule has 0 unspecified atom stereocenters. The lowest BCUT2D eigenvalue weighted by Crippen LogP contribution is -2.37. The molecule has 0 aromatic carbocycles. The largest absolute Gasteiger partial charge is 0.356 e. The van der Waals surface area contributed by atoms with Crippen molar-refractivity contribution in [3.63, 3.8) is 0 Å². The van der Waals surface area contributed by atoms with E-state index in [2.05, 4.69) is 33.4 Å². The van der Waals surface area contributed by atoms with Gasteiger partial charge in [-0.1, -0.05) is 26.2 Å². The smallest absolute Gasteiger partial charge is 0.219 e. The van der Waals surface area contributed by atoms with E-state index in [9.17, 15) is 4.79 Å². The monoisotopic (exact) mass is 229 g/mol. The zero-order valence-electron chi connectivity index (χ0n) is 11.5. The van der Waals surface area contributed by atoms with E-state index in [1.807, 2.05) is 0 Å². The van der Waals surface area contributed by atoms with Gasteiger partial charge in [-0.05, 0) is 6.42 Å². The molecule has 0 aromatic heterocycles. The second kappa shape index (κ2) is 8.57. The molecule has 0 aliphatic heterocycles. The molecule has 1 N–H and O–H groups in total. The lowest BCUT2D eigenvalue weighted by atomic mass is 10.1. The first-order valence-corrected chi connectivity index (χ1v) is 6.53. The highest BCUT2D eigenvalue weighted by molar-refractivity contribution is 5.75. The van der Waals surface area contributed by atoms with Crippen LogP contribution >= 0.6 is 0 Å². The van der Waals surface area contributed by atoms with Gasteiger partial charge in [0.2, 0.25) is 5.91 Å². The Labute approximate surface area is 101 Å². The minimum absolute atomic E-state index is 0.220. The molecule has 0 saturated carbocycles. The highest BCUT2D eigenvalue weighted by Crippen LogP contribution is 2.02. The highest BCUT2D eigenvalue weighted by Gasteiger charge is 2.06. The molecule has 0 atom stereocenters. The summed E-state index contributed by atoms with van der Waals surface area (Å²) in [6.07, 6.45) is 6.45. The van der Waals surface area contributed by atoms with Crippen molar-refractivity contribution in [2.75, 3.05) is 34.2 Å². The van der Waals surface area contributed by atoms with E-state index in [1.54, 1.807) is 0 Å². The lowest BCUT2D eigenvalue weighted by Gasteiger charge is -2.23. The van der Waals surface area contributed by atoms with E-state index >= 15 is 0 Å². The maximum Gasteiger partial charge on any atom is 0.219 e. The molecule has 0 aromatic rings. The van der Waals surface area contributed by atoms with Gasteiger partial charge in [0.1, 0.15) is 0 Å². The van der Waals surface area contributed by atoms with Crippen molar-refractivity contribution in [1.82, 2.24) is 5.32 Å². The SMILES string of the molecule is CCCCCCC(=O)NCCC[N+](C)(C)C. The van der Waals surface area contributed by atoms with Gasteiger partial charge in [-0.2, -0.15) is 0 Å². The highest BCUT2D eigenvalue weighted by atomic mass is 16.1. The Balaban J connectivity index is 3.31. The second-order valence-corrected chi connectivity index (χ2v) is 5.53. The standard InChI is InChI=1S/C13H28N2O/c1-5-6-7-8-10-13(16)14-11-9-12-15(2,3)4/h5-12H2,1-4H3/p+1. The van der Waals surface area contributed by atoms with Crippen LogP contribution in [-0.4, -0.2) is 44.6 Å². The number of nitrogens with zero attached hydrogens (tertiary/aromatic N) is 1. The Morgan fingerprint density at radius 3 is 2.31 bits per heavy atom. The number of unbranched alkanes of at least 4 members (excludes halogenated alkanes) is 3. The summed E-state index contributed by atoms with van der Waals surface area (Å²) in [5.74, 6) is 0.220. The number of amides is 1. The molecular formula is C13H29N2O+. The molecule has 0 fully saturated rings. The molecule has 0 heterocycles. The van der Waals surface area contributed by atoms with Crippen molar-refractivity contribution in [3.8, 4) is 0 Å². The molecule has 16 heavy (non-hydrogen) atoms. The maximum absolute atomic E-state index is 11.4. The van der Waals surface area contributed by atoms with Crippen LogP contribution in [0.1, 0.15) is 45.4 Å². The fourth-order valence-corrected chi connectivity index (χ4v) is 1.58. The Morgan fingerprint density at radius 1 is 1.06 bits per heavy atom. The van der Waals surface area contributed by atoms with E-state index in [1.165, 1.54) is 19.3 Å². The predicted octanol–water partition coefficient (Wildman–Crippen LogP) is 2.17. The third-order valence-electron chi connectivity index (χ3n) is 2.59. The minimum Gasteiger partial charge on any atom is -0.356 e. The first kappa shape index (κ1) is 15.4. The van der Waals surface area contributed by atoms with Crippen LogP contribution < -0.4 is 5.32 Å². The van der Waals surface area contributed by atoms with E-state index in [-0.39, 0.29) is 5.91 Å². The summed E-state index contributed by atoms with van der Waals surface area (Å²) in [4.78, 5) is 11.4. The predicted molar refractivity (Wildman–Crippen MR) is 69.3 cm³/mol. The van der Waals surface area contributed by atoms with Gasteiger partial charge in [-0.15, -0.1) is 0 Å². The van der Waals surface area contributed by atoms with Gasteiger partial charge >= 0.3 is 0 Å². The number of carbonyl (C=O) groups is 1. The minimum atomic E-state index is 0.220. The summed E-state index contributed by atoms with van der Waals surface area (Å²) in [6, 6.07) is 0. The summed E-state index contributed by atoms with van der Waals surface area (Å²) >= 11 is 0. The first-order chi connectivity index (χ1) is 7.45. The molecule has 3 nitrogen and oxygen atoms in total. The molecule has 0 radical (unpaired) electrons. The third-order valence-corrected chi connectivity index (χ3v) is 2.59. The topological polar surface area (TPSA) is 29.1 Å². The molecule has 96 valence electrons. The number of hydrogen-bond acceptors (Lipinski definition) is 1. The summed E-state index contributed by atoms with van der Waals surface area (Å²) in [5, 5.41) is 2.98. The van der Waals surface area contributed by atoms with Crippen LogP contribution in [0.25, 0.3) is 0 Å². The number of hydrogen-bond donors (Lipinski definition) is 1. The molecule has 1 amide bonds. The zero-order valence-corrected chi connectivity index (χ0v) is 11.5. The Morgan fingerprint density at radius 2 is 1.75 bits per heavy atom. The number of nitrogens with one attached hydrogen (secondary N) is 1. The van der Waals surface area contributed by atoms with Gasteiger partial charge in [-0.3, -0.25) is 4.79 Å². The van der Waals surface area contributed by atoms with Gasteiger partial charge in [0.25, 0.3) is 0 Å². The van der Waals surface area contributed by atoms with Crippen LogP contribution in [0, 0.1) is 0 Å². The van der Waals surface area contributed by atoms with Gasteiger partial charge in [-0.25, -0.2) is 0 Å². The van der Waals surface area contributed by atoms with Crippen LogP contribution in [0.2, 0.25) is 0 Å². The van der Waals surface area contributed by atoms with Crippen molar-refractivity contribution in [2.24, 2.45) is 0 Å². The molecule has 0 bridgehead atoms. The first-order valence-electron chi connectivity index (χ1n) is 6.53. The van der Waals surface area contributed by atoms with Crippen LogP contribution in [-0.2, 0) is 4.79 Å². The molecule has 0 aliphatic carbocycles.